The van der Waals surface area contributed by atoms with E-state index in [9.17, 15) is 4.79 Å². The monoisotopic (exact) mass is 232 g/mol. The molecule has 0 aromatic heterocycles. The number of carbonyl (C=O) groups excluding carboxylic acids is 1. The summed E-state index contributed by atoms with van der Waals surface area (Å²) in [5.41, 5.74) is 2.65. The summed E-state index contributed by atoms with van der Waals surface area (Å²) >= 11 is 0. The Morgan fingerprint density at radius 1 is 1.41 bits per heavy atom. The maximum Gasteiger partial charge on any atom is 0.317 e. The summed E-state index contributed by atoms with van der Waals surface area (Å²) in [6, 6.07) is 8.67. The standard InChI is InChI=1S/C14H20N2O/c1-3-11(2)15-14(17)16-9-8-12-6-4-5-7-13(12)10-16/h4-7,11H,3,8-10H2,1-2H3,(H,15,17)/t11-/m0/s1. The lowest BCUT2D eigenvalue weighted by molar-refractivity contribution is 0.189. The third kappa shape index (κ3) is 2.78. The van der Waals surface area contributed by atoms with Crippen LogP contribution in [0.25, 0.3) is 0 Å². The predicted molar refractivity (Wildman–Crippen MR) is 68.8 cm³/mol. The molecule has 3 heteroatoms. The van der Waals surface area contributed by atoms with E-state index < -0.39 is 0 Å². The molecule has 17 heavy (non-hydrogen) atoms. The summed E-state index contributed by atoms with van der Waals surface area (Å²) in [6.45, 7) is 5.67. The van der Waals surface area contributed by atoms with E-state index in [0.29, 0.717) is 0 Å². The van der Waals surface area contributed by atoms with Crippen molar-refractivity contribution in [3.63, 3.8) is 0 Å². The fourth-order valence-electron chi connectivity index (χ4n) is 2.07. The van der Waals surface area contributed by atoms with E-state index in [0.717, 1.165) is 25.9 Å². The van der Waals surface area contributed by atoms with Crippen molar-refractivity contribution < 1.29 is 4.79 Å². The highest BCUT2D eigenvalue weighted by Gasteiger charge is 2.20. The van der Waals surface area contributed by atoms with E-state index in [2.05, 4.69) is 30.4 Å². The van der Waals surface area contributed by atoms with Gasteiger partial charge < -0.3 is 10.2 Å². The number of carbonyl (C=O) groups is 1. The first-order valence-electron chi connectivity index (χ1n) is 6.33. The largest absolute Gasteiger partial charge is 0.336 e. The normalized spacial score (nSPS) is 16.2. The lowest BCUT2D eigenvalue weighted by Gasteiger charge is -2.30. The zero-order valence-electron chi connectivity index (χ0n) is 10.6. The average molecular weight is 232 g/mol. The maximum atomic E-state index is 12.0. The molecule has 0 unspecified atom stereocenters. The zero-order chi connectivity index (χ0) is 12.3. The first-order chi connectivity index (χ1) is 8.20. The van der Waals surface area contributed by atoms with Crippen LogP contribution in [0.2, 0.25) is 0 Å². The molecule has 1 aromatic rings. The van der Waals surface area contributed by atoms with Crippen molar-refractivity contribution in [3.8, 4) is 0 Å². The van der Waals surface area contributed by atoms with Crippen LogP contribution in [0, 0.1) is 0 Å². The minimum atomic E-state index is 0.0638. The molecule has 0 bridgehead atoms. The van der Waals surface area contributed by atoms with Crippen molar-refractivity contribution in [2.45, 2.75) is 39.3 Å². The third-order valence-electron chi connectivity index (χ3n) is 3.40. The number of hydrogen-bond donors (Lipinski definition) is 1. The molecular formula is C14H20N2O. The van der Waals surface area contributed by atoms with Crippen molar-refractivity contribution in [1.29, 1.82) is 0 Å². The molecular weight excluding hydrogens is 212 g/mol. The maximum absolute atomic E-state index is 12.0. The molecule has 1 aliphatic heterocycles. The molecule has 1 N–H and O–H groups in total. The van der Waals surface area contributed by atoms with Gasteiger partial charge >= 0.3 is 6.03 Å². The van der Waals surface area contributed by atoms with Crippen LogP contribution in [0.1, 0.15) is 31.4 Å². The van der Waals surface area contributed by atoms with Crippen LogP contribution in [0.4, 0.5) is 4.79 Å². The molecule has 0 saturated heterocycles. The van der Waals surface area contributed by atoms with Crippen LogP contribution in [0.15, 0.2) is 24.3 Å². The molecule has 1 aliphatic rings. The summed E-state index contributed by atoms with van der Waals surface area (Å²) in [5.74, 6) is 0. The Kier molecular flexibility index (Phi) is 3.67. The fourth-order valence-corrected chi connectivity index (χ4v) is 2.07. The zero-order valence-corrected chi connectivity index (χ0v) is 10.6. The molecule has 1 heterocycles. The lowest BCUT2D eigenvalue weighted by Crippen LogP contribution is -2.45. The van der Waals surface area contributed by atoms with Gasteiger partial charge in [-0.1, -0.05) is 31.2 Å². The van der Waals surface area contributed by atoms with Crippen molar-refractivity contribution in [3.05, 3.63) is 35.4 Å². The van der Waals surface area contributed by atoms with E-state index in [-0.39, 0.29) is 12.1 Å². The number of nitrogens with zero attached hydrogens (tertiary/aromatic N) is 1. The van der Waals surface area contributed by atoms with Gasteiger partial charge in [-0.25, -0.2) is 4.79 Å². The van der Waals surface area contributed by atoms with E-state index in [1.165, 1.54) is 11.1 Å². The molecule has 2 amide bonds. The van der Waals surface area contributed by atoms with E-state index >= 15 is 0 Å². The molecule has 92 valence electrons. The SMILES string of the molecule is CC[C@H](C)NC(=O)N1CCc2ccccc2C1. The molecule has 0 spiro atoms. The van der Waals surface area contributed by atoms with Crippen molar-refractivity contribution in [2.75, 3.05) is 6.54 Å². The smallest absolute Gasteiger partial charge is 0.317 e. The Balaban J connectivity index is 2.00. The second-order valence-corrected chi connectivity index (χ2v) is 4.70. The Morgan fingerprint density at radius 3 is 2.82 bits per heavy atom. The van der Waals surface area contributed by atoms with Crippen molar-refractivity contribution in [1.82, 2.24) is 10.2 Å². The molecule has 1 aromatic carbocycles. The van der Waals surface area contributed by atoms with E-state index in [1.807, 2.05) is 17.9 Å². The van der Waals surface area contributed by atoms with Gasteiger partial charge in [0.05, 0.1) is 0 Å². The molecule has 3 nitrogen and oxygen atoms in total. The van der Waals surface area contributed by atoms with E-state index in [4.69, 9.17) is 0 Å². The van der Waals surface area contributed by atoms with Crippen LogP contribution in [-0.2, 0) is 13.0 Å². The average Bonchev–Trinajstić information content (AvgIpc) is 2.38. The Morgan fingerprint density at radius 2 is 2.12 bits per heavy atom. The number of amides is 2. The van der Waals surface area contributed by atoms with Crippen LogP contribution in [0.3, 0.4) is 0 Å². The van der Waals surface area contributed by atoms with Gasteiger partial charge in [0, 0.05) is 19.1 Å². The highest BCUT2D eigenvalue weighted by molar-refractivity contribution is 5.74. The predicted octanol–water partition coefficient (Wildman–Crippen LogP) is 2.55. The van der Waals surface area contributed by atoms with Crippen molar-refractivity contribution >= 4 is 6.03 Å². The molecule has 0 aliphatic carbocycles. The van der Waals surface area contributed by atoms with Crippen LogP contribution < -0.4 is 5.32 Å². The topological polar surface area (TPSA) is 32.3 Å². The summed E-state index contributed by atoms with van der Waals surface area (Å²) < 4.78 is 0. The summed E-state index contributed by atoms with van der Waals surface area (Å²) in [6.07, 6.45) is 1.93. The van der Waals surface area contributed by atoms with Gasteiger partial charge in [-0.2, -0.15) is 0 Å². The third-order valence-corrected chi connectivity index (χ3v) is 3.40. The molecule has 1 atom stereocenters. The highest BCUT2D eigenvalue weighted by Crippen LogP contribution is 2.18. The first-order valence-corrected chi connectivity index (χ1v) is 6.33. The van der Waals surface area contributed by atoms with Gasteiger partial charge in [0.25, 0.3) is 0 Å². The number of benzene rings is 1. The number of hydrogen-bond acceptors (Lipinski definition) is 1. The number of urea groups is 1. The second-order valence-electron chi connectivity index (χ2n) is 4.70. The second kappa shape index (κ2) is 5.21. The van der Waals surface area contributed by atoms with Gasteiger partial charge in [-0.15, -0.1) is 0 Å². The van der Waals surface area contributed by atoms with Gasteiger partial charge in [0.2, 0.25) is 0 Å². The minimum absolute atomic E-state index is 0.0638. The molecule has 0 radical (unpaired) electrons. The number of fused-ring (bicyclic) bond motifs is 1. The van der Waals surface area contributed by atoms with E-state index in [1.54, 1.807) is 0 Å². The van der Waals surface area contributed by atoms with Gasteiger partial charge in [-0.05, 0) is 30.9 Å². The summed E-state index contributed by atoms with van der Waals surface area (Å²) in [7, 11) is 0. The van der Waals surface area contributed by atoms with Gasteiger partial charge in [-0.3, -0.25) is 0 Å². The summed E-state index contributed by atoms with van der Waals surface area (Å²) in [4.78, 5) is 13.9. The number of nitrogens with one attached hydrogen (secondary N) is 1. The Bertz CT molecular complexity index is 403. The van der Waals surface area contributed by atoms with Crippen LogP contribution >= 0.6 is 0 Å². The van der Waals surface area contributed by atoms with Gasteiger partial charge in [0.15, 0.2) is 0 Å². The van der Waals surface area contributed by atoms with Crippen LogP contribution in [-0.4, -0.2) is 23.5 Å². The first kappa shape index (κ1) is 12.0. The molecule has 2 rings (SSSR count). The Labute approximate surface area is 103 Å². The highest BCUT2D eigenvalue weighted by atomic mass is 16.2. The molecule has 0 fully saturated rings. The van der Waals surface area contributed by atoms with Crippen LogP contribution in [0.5, 0.6) is 0 Å². The number of rotatable bonds is 2. The minimum Gasteiger partial charge on any atom is -0.336 e. The van der Waals surface area contributed by atoms with Gasteiger partial charge in [0.1, 0.15) is 0 Å². The molecule has 0 saturated carbocycles. The summed E-state index contributed by atoms with van der Waals surface area (Å²) in [5, 5.41) is 3.02. The lowest BCUT2D eigenvalue weighted by atomic mass is 10.0. The fraction of sp³-hybridized carbons (Fsp3) is 0.500. The quantitative estimate of drug-likeness (QED) is 0.835. The Hall–Kier alpha value is -1.51. The van der Waals surface area contributed by atoms with Crippen molar-refractivity contribution in [2.24, 2.45) is 0 Å².